The number of ether oxygens (including phenoxy) is 1. The average molecular weight is 305 g/mol. The van der Waals surface area contributed by atoms with E-state index in [0.717, 1.165) is 26.2 Å². The van der Waals surface area contributed by atoms with Crippen molar-refractivity contribution in [1.29, 1.82) is 0 Å². The highest BCUT2D eigenvalue weighted by Gasteiger charge is 2.38. The lowest BCUT2D eigenvalue weighted by Gasteiger charge is -2.37. The van der Waals surface area contributed by atoms with Crippen molar-refractivity contribution in [3.63, 3.8) is 0 Å². The second-order valence-corrected chi connectivity index (χ2v) is 7.15. The van der Waals surface area contributed by atoms with Gasteiger partial charge in [0.1, 0.15) is 5.82 Å². The Morgan fingerprint density at radius 2 is 1.82 bits per heavy atom. The van der Waals surface area contributed by atoms with Crippen molar-refractivity contribution in [3.05, 3.63) is 35.6 Å². The summed E-state index contributed by atoms with van der Waals surface area (Å²) in [4.78, 5) is 2.54. The molecule has 0 aromatic heterocycles. The van der Waals surface area contributed by atoms with E-state index in [1.807, 2.05) is 12.1 Å². The standard InChI is InChI=1S/C19H28FNO/c1-21(18-6-4-2-3-5-7-18)14-19(12-13-22-15-19)16-8-10-17(20)11-9-16/h8-11,18H,2-7,12-15H2,1H3. The highest BCUT2D eigenvalue weighted by molar-refractivity contribution is 5.28. The van der Waals surface area contributed by atoms with Crippen LogP contribution in [0.15, 0.2) is 24.3 Å². The largest absolute Gasteiger partial charge is 0.380 e. The molecule has 3 rings (SSSR count). The van der Waals surface area contributed by atoms with Gasteiger partial charge in [-0.05, 0) is 44.0 Å². The summed E-state index contributed by atoms with van der Waals surface area (Å²) in [7, 11) is 2.26. The Labute approximate surface area is 133 Å². The van der Waals surface area contributed by atoms with Crippen LogP contribution in [0.3, 0.4) is 0 Å². The van der Waals surface area contributed by atoms with E-state index in [1.54, 1.807) is 12.1 Å². The summed E-state index contributed by atoms with van der Waals surface area (Å²) in [5.41, 5.74) is 1.27. The fourth-order valence-corrected chi connectivity index (χ4v) is 4.16. The van der Waals surface area contributed by atoms with Crippen molar-refractivity contribution in [2.75, 3.05) is 26.8 Å². The normalized spacial score (nSPS) is 27.2. The Balaban J connectivity index is 1.74. The summed E-state index contributed by atoms with van der Waals surface area (Å²) in [5, 5.41) is 0. The van der Waals surface area contributed by atoms with Gasteiger partial charge >= 0.3 is 0 Å². The van der Waals surface area contributed by atoms with Gasteiger partial charge in [0.05, 0.1) is 6.61 Å². The monoisotopic (exact) mass is 305 g/mol. The van der Waals surface area contributed by atoms with E-state index < -0.39 is 0 Å². The lowest BCUT2D eigenvalue weighted by molar-refractivity contribution is 0.137. The lowest BCUT2D eigenvalue weighted by Crippen LogP contribution is -2.44. The van der Waals surface area contributed by atoms with E-state index in [1.165, 1.54) is 44.1 Å². The van der Waals surface area contributed by atoms with Gasteiger partial charge in [0.25, 0.3) is 0 Å². The molecule has 2 fully saturated rings. The summed E-state index contributed by atoms with van der Waals surface area (Å²) < 4.78 is 19.0. The van der Waals surface area contributed by atoms with Crippen LogP contribution in [-0.2, 0) is 10.2 Å². The maximum Gasteiger partial charge on any atom is 0.123 e. The maximum atomic E-state index is 13.3. The molecule has 0 radical (unpaired) electrons. The molecule has 2 nitrogen and oxygen atoms in total. The van der Waals surface area contributed by atoms with Gasteiger partial charge in [-0.3, -0.25) is 0 Å². The fraction of sp³-hybridized carbons (Fsp3) is 0.684. The van der Waals surface area contributed by atoms with Crippen LogP contribution < -0.4 is 0 Å². The fourth-order valence-electron chi connectivity index (χ4n) is 4.16. The number of nitrogens with zero attached hydrogens (tertiary/aromatic N) is 1. The first-order valence-corrected chi connectivity index (χ1v) is 8.74. The Morgan fingerprint density at radius 3 is 2.41 bits per heavy atom. The molecular weight excluding hydrogens is 277 g/mol. The number of hydrogen-bond acceptors (Lipinski definition) is 2. The van der Waals surface area contributed by atoms with Crippen molar-refractivity contribution in [1.82, 2.24) is 4.90 Å². The smallest absolute Gasteiger partial charge is 0.123 e. The van der Waals surface area contributed by atoms with Gasteiger partial charge < -0.3 is 9.64 Å². The van der Waals surface area contributed by atoms with Crippen LogP contribution in [0.5, 0.6) is 0 Å². The van der Waals surface area contributed by atoms with Crippen LogP contribution in [0.4, 0.5) is 4.39 Å². The van der Waals surface area contributed by atoms with Gasteiger partial charge in [0.2, 0.25) is 0 Å². The molecule has 2 aliphatic rings. The Hall–Kier alpha value is -0.930. The molecule has 1 atom stereocenters. The van der Waals surface area contributed by atoms with Crippen molar-refractivity contribution >= 4 is 0 Å². The topological polar surface area (TPSA) is 12.5 Å². The zero-order valence-electron chi connectivity index (χ0n) is 13.7. The van der Waals surface area contributed by atoms with Crippen molar-refractivity contribution in [2.45, 2.75) is 56.4 Å². The number of likely N-dealkylation sites (N-methyl/N-ethyl adjacent to an activating group) is 1. The third-order valence-electron chi connectivity index (χ3n) is 5.56. The average Bonchev–Trinajstić information content (AvgIpc) is 2.83. The van der Waals surface area contributed by atoms with Crippen molar-refractivity contribution in [3.8, 4) is 0 Å². The molecule has 1 heterocycles. The van der Waals surface area contributed by atoms with Gasteiger partial charge in [0.15, 0.2) is 0 Å². The van der Waals surface area contributed by atoms with E-state index in [-0.39, 0.29) is 11.2 Å². The number of benzene rings is 1. The third kappa shape index (κ3) is 3.52. The first kappa shape index (κ1) is 15.9. The molecule has 1 unspecified atom stereocenters. The summed E-state index contributed by atoms with van der Waals surface area (Å²) in [6.07, 6.45) is 9.15. The van der Waals surface area contributed by atoms with Gasteiger partial charge in [-0.2, -0.15) is 0 Å². The van der Waals surface area contributed by atoms with Gasteiger partial charge in [0, 0.05) is 24.6 Å². The molecule has 0 bridgehead atoms. The molecule has 122 valence electrons. The maximum absolute atomic E-state index is 13.3. The highest BCUT2D eigenvalue weighted by Crippen LogP contribution is 2.35. The molecule has 1 aliphatic heterocycles. The van der Waals surface area contributed by atoms with Crippen LogP contribution in [-0.4, -0.2) is 37.7 Å². The van der Waals surface area contributed by atoms with Gasteiger partial charge in [-0.15, -0.1) is 0 Å². The molecule has 0 spiro atoms. The predicted octanol–water partition coefficient (Wildman–Crippen LogP) is 4.14. The van der Waals surface area contributed by atoms with E-state index in [2.05, 4.69) is 11.9 Å². The summed E-state index contributed by atoms with van der Waals surface area (Å²) in [6, 6.07) is 7.76. The number of hydrogen-bond donors (Lipinski definition) is 0. The molecule has 1 aromatic rings. The molecule has 1 aliphatic carbocycles. The Kier molecular flexibility index (Phi) is 5.14. The highest BCUT2D eigenvalue weighted by atomic mass is 19.1. The second-order valence-electron chi connectivity index (χ2n) is 7.15. The van der Waals surface area contributed by atoms with Gasteiger partial charge in [-0.25, -0.2) is 4.39 Å². The summed E-state index contributed by atoms with van der Waals surface area (Å²) in [5.74, 6) is -0.157. The third-order valence-corrected chi connectivity index (χ3v) is 5.56. The molecule has 0 N–H and O–H groups in total. The van der Waals surface area contributed by atoms with Gasteiger partial charge in [-0.1, -0.05) is 37.8 Å². The quantitative estimate of drug-likeness (QED) is 0.775. The molecule has 1 aromatic carbocycles. The van der Waals surface area contributed by atoms with Crippen LogP contribution in [0.25, 0.3) is 0 Å². The molecule has 1 saturated carbocycles. The minimum atomic E-state index is -0.157. The minimum Gasteiger partial charge on any atom is -0.380 e. The van der Waals surface area contributed by atoms with E-state index in [4.69, 9.17) is 4.74 Å². The molecular formula is C19H28FNO. The first-order valence-electron chi connectivity index (χ1n) is 8.74. The van der Waals surface area contributed by atoms with Crippen LogP contribution >= 0.6 is 0 Å². The zero-order valence-corrected chi connectivity index (χ0v) is 13.7. The second kappa shape index (κ2) is 7.10. The van der Waals surface area contributed by atoms with Crippen LogP contribution in [0.1, 0.15) is 50.5 Å². The predicted molar refractivity (Wildman–Crippen MR) is 87.6 cm³/mol. The van der Waals surface area contributed by atoms with Crippen LogP contribution in [0.2, 0.25) is 0 Å². The van der Waals surface area contributed by atoms with E-state index in [0.29, 0.717) is 6.04 Å². The van der Waals surface area contributed by atoms with E-state index >= 15 is 0 Å². The Bertz CT molecular complexity index is 459. The first-order chi connectivity index (χ1) is 10.7. The van der Waals surface area contributed by atoms with E-state index in [9.17, 15) is 4.39 Å². The summed E-state index contributed by atoms with van der Waals surface area (Å²) in [6.45, 7) is 2.59. The van der Waals surface area contributed by atoms with Crippen molar-refractivity contribution in [2.24, 2.45) is 0 Å². The Morgan fingerprint density at radius 1 is 1.14 bits per heavy atom. The number of halogens is 1. The molecule has 0 amide bonds. The molecule has 3 heteroatoms. The summed E-state index contributed by atoms with van der Waals surface area (Å²) >= 11 is 0. The van der Waals surface area contributed by atoms with Crippen molar-refractivity contribution < 1.29 is 9.13 Å². The molecule has 22 heavy (non-hydrogen) atoms. The lowest BCUT2D eigenvalue weighted by atomic mass is 9.79. The zero-order chi connectivity index (χ0) is 15.4. The minimum absolute atomic E-state index is 0.0365. The molecule has 1 saturated heterocycles. The SMILES string of the molecule is CN(CC1(c2ccc(F)cc2)CCOC1)C1CCCCCC1. The van der Waals surface area contributed by atoms with Crippen LogP contribution in [0, 0.1) is 5.82 Å². The number of rotatable bonds is 4.